The van der Waals surface area contributed by atoms with Gasteiger partial charge in [0.15, 0.2) is 12.4 Å². The van der Waals surface area contributed by atoms with Crippen molar-refractivity contribution in [3.05, 3.63) is 65.1 Å². The Labute approximate surface area is 166 Å². The summed E-state index contributed by atoms with van der Waals surface area (Å²) in [4.78, 5) is 16.8. The van der Waals surface area contributed by atoms with Crippen LogP contribution in [0.2, 0.25) is 0 Å². The number of likely N-dealkylation sites (tertiary alicyclic amines) is 1. The van der Waals surface area contributed by atoms with E-state index in [1.807, 2.05) is 19.2 Å². The van der Waals surface area contributed by atoms with Crippen LogP contribution in [0, 0.1) is 11.1 Å². The molecule has 1 aromatic carbocycles. The van der Waals surface area contributed by atoms with Gasteiger partial charge in [0, 0.05) is 32.3 Å². The summed E-state index contributed by atoms with van der Waals surface area (Å²) in [7, 11) is 3.53. The van der Waals surface area contributed by atoms with E-state index < -0.39 is 0 Å². The smallest absolute Gasteiger partial charge is 0.254 e. The standard InChI is InChI=1S/C22H29N3O3/c1-23(22(26)20-10-15-25(27)16-11-20)17-19-8-13-24(14-9-19)12-7-18-3-5-21(28-2)6-4-18/h3-6,10-11,15-16,19H,7-9,12-14,17H2,1-2H3. The molecule has 1 amide bonds. The molecule has 6 nitrogen and oxygen atoms in total. The van der Waals surface area contributed by atoms with Crippen LogP contribution in [0.15, 0.2) is 48.8 Å². The zero-order chi connectivity index (χ0) is 19.9. The number of rotatable bonds is 7. The van der Waals surface area contributed by atoms with E-state index in [9.17, 15) is 10.0 Å². The molecule has 1 aromatic heterocycles. The molecule has 0 saturated carbocycles. The Morgan fingerprint density at radius 1 is 1.18 bits per heavy atom. The van der Waals surface area contributed by atoms with Crippen molar-refractivity contribution >= 4 is 5.91 Å². The van der Waals surface area contributed by atoms with Gasteiger partial charge in [0.2, 0.25) is 0 Å². The fourth-order valence-electron chi connectivity index (χ4n) is 3.72. The van der Waals surface area contributed by atoms with Crippen molar-refractivity contribution < 1.29 is 14.3 Å². The van der Waals surface area contributed by atoms with Crippen LogP contribution in [-0.4, -0.2) is 56.0 Å². The quantitative estimate of drug-likeness (QED) is 0.544. The summed E-state index contributed by atoms with van der Waals surface area (Å²) in [5.74, 6) is 1.40. The Bertz CT molecular complexity index is 754. The first-order valence-electron chi connectivity index (χ1n) is 9.84. The topological polar surface area (TPSA) is 59.7 Å². The monoisotopic (exact) mass is 383 g/mol. The fraction of sp³-hybridized carbons (Fsp3) is 0.455. The molecule has 1 aliphatic rings. The number of aromatic nitrogens is 1. The maximum atomic E-state index is 12.5. The number of carbonyl (C=O) groups excluding carboxylic acids is 1. The van der Waals surface area contributed by atoms with Gasteiger partial charge in [-0.2, -0.15) is 4.73 Å². The zero-order valence-electron chi connectivity index (χ0n) is 16.7. The van der Waals surface area contributed by atoms with Crippen LogP contribution in [0.3, 0.4) is 0 Å². The van der Waals surface area contributed by atoms with Crippen molar-refractivity contribution in [2.24, 2.45) is 5.92 Å². The molecular weight excluding hydrogens is 354 g/mol. The number of benzene rings is 1. The molecule has 0 atom stereocenters. The van der Waals surface area contributed by atoms with Crippen molar-refractivity contribution in [1.82, 2.24) is 9.80 Å². The second-order valence-corrected chi connectivity index (χ2v) is 7.52. The van der Waals surface area contributed by atoms with Crippen LogP contribution in [0.5, 0.6) is 5.75 Å². The third-order valence-corrected chi connectivity index (χ3v) is 5.51. The Kier molecular flexibility index (Phi) is 6.87. The van der Waals surface area contributed by atoms with Gasteiger partial charge in [-0.05, 0) is 56.0 Å². The molecule has 0 spiro atoms. The molecule has 28 heavy (non-hydrogen) atoms. The first kappa shape index (κ1) is 20.1. The Balaban J connectivity index is 1.40. The summed E-state index contributed by atoms with van der Waals surface area (Å²) in [5, 5.41) is 11.1. The number of piperidine rings is 1. The molecule has 150 valence electrons. The number of ether oxygens (including phenoxy) is 1. The third kappa shape index (κ3) is 5.45. The predicted octanol–water partition coefficient (Wildman–Crippen LogP) is 2.36. The minimum absolute atomic E-state index is 0.0254. The van der Waals surface area contributed by atoms with Crippen molar-refractivity contribution in [2.75, 3.05) is 40.3 Å². The minimum atomic E-state index is -0.0254. The molecular formula is C22H29N3O3. The highest BCUT2D eigenvalue weighted by Gasteiger charge is 2.22. The molecule has 0 N–H and O–H groups in total. The molecule has 0 unspecified atom stereocenters. The van der Waals surface area contributed by atoms with Gasteiger partial charge in [0.05, 0.1) is 12.7 Å². The van der Waals surface area contributed by atoms with Gasteiger partial charge < -0.3 is 19.7 Å². The van der Waals surface area contributed by atoms with Gasteiger partial charge in [-0.1, -0.05) is 12.1 Å². The van der Waals surface area contributed by atoms with E-state index in [1.165, 1.54) is 18.0 Å². The number of methoxy groups -OCH3 is 1. The summed E-state index contributed by atoms with van der Waals surface area (Å²) in [6, 6.07) is 11.4. The molecule has 3 rings (SSSR count). The SMILES string of the molecule is COc1ccc(CCN2CCC(CN(C)C(=O)c3cc[n+]([O-])cc3)CC2)cc1. The fourth-order valence-corrected chi connectivity index (χ4v) is 3.72. The molecule has 0 aliphatic carbocycles. The van der Waals surface area contributed by atoms with Crippen LogP contribution < -0.4 is 9.47 Å². The molecule has 1 aliphatic heterocycles. The lowest BCUT2D eigenvalue weighted by atomic mass is 9.95. The van der Waals surface area contributed by atoms with Crippen molar-refractivity contribution in [3.63, 3.8) is 0 Å². The number of amides is 1. The number of nitrogens with zero attached hydrogens (tertiary/aromatic N) is 3. The minimum Gasteiger partial charge on any atom is -0.619 e. The highest BCUT2D eigenvalue weighted by molar-refractivity contribution is 5.93. The van der Waals surface area contributed by atoms with Crippen LogP contribution >= 0.6 is 0 Å². The van der Waals surface area contributed by atoms with Crippen LogP contribution in [0.4, 0.5) is 0 Å². The lowest BCUT2D eigenvalue weighted by Gasteiger charge is -2.34. The third-order valence-electron chi connectivity index (χ3n) is 5.51. The van der Waals surface area contributed by atoms with E-state index in [1.54, 1.807) is 24.1 Å². The van der Waals surface area contributed by atoms with Crippen LogP contribution in [-0.2, 0) is 6.42 Å². The maximum Gasteiger partial charge on any atom is 0.254 e. The van der Waals surface area contributed by atoms with Gasteiger partial charge in [-0.3, -0.25) is 4.79 Å². The second kappa shape index (κ2) is 9.55. The average Bonchev–Trinajstić information content (AvgIpc) is 2.73. The second-order valence-electron chi connectivity index (χ2n) is 7.52. The Morgan fingerprint density at radius 3 is 2.43 bits per heavy atom. The largest absolute Gasteiger partial charge is 0.619 e. The summed E-state index contributed by atoms with van der Waals surface area (Å²) in [6.07, 6.45) is 5.98. The summed E-state index contributed by atoms with van der Waals surface area (Å²) in [5.41, 5.74) is 1.89. The first-order valence-corrected chi connectivity index (χ1v) is 9.84. The number of carbonyl (C=O) groups is 1. The van der Waals surface area contributed by atoms with E-state index in [0.717, 1.165) is 51.2 Å². The predicted molar refractivity (Wildman–Crippen MR) is 108 cm³/mol. The summed E-state index contributed by atoms with van der Waals surface area (Å²) in [6.45, 7) is 3.97. The molecule has 2 heterocycles. The normalized spacial score (nSPS) is 15.4. The molecule has 6 heteroatoms. The molecule has 0 bridgehead atoms. The zero-order valence-corrected chi connectivity index (χ0v) is 16.7. The van der Waals surface area contributed by atoms with Gasteiger partial charge in [-0.25, -0.2) is 0 Å². The van der Waals surface area contributed by atoms with E-state index in [2.05, 4.69) is 17.0 Å². The van der Waals surface area contributed by atoms with Gasteiger partial charge in [0.25, 0.3) is 5.91 Å². The number of pyridine rings is 1. The van der Waals surface area contributed by atoms with Gasteiger partial charge >= 0.3 is 0 Å². The van der Waals surface area contributed by atoms with Gasteiger partial charge in [-0.15, -0.1) is 0 Å². The van der Waals surface area contributed by atoms with E-state index in [-0.39, 0.29) is 5.91 Å². The number of hydrogen-bond acceptors (Lipinski definition) is 4. The average molecular weight is 383 g/mol. The van der Waals surface area contributed by atoms with Crippen molar-refractivity contribution in [3.8, 4) is 5.75 Å². The van der Waals surface area contributed by atoms with E-state index in [0.29, 0.717) is 16.2 Å². The molecule has 0 radical (unpaired) electrons. The molecule has 1 saturated heterocycles. The van der Waals surface area contributed by atoms with Crippen molar-refractivity contribution in [1.29, 1.82) is 0 Å². The van der Waals surface area contributed by atoms with Crippen LogP contribution in [0.1, 0.15) is 28.8 Å². The summed E-state index contributed by atoms with van der Waals surface area (Å²) >= 11 is 0. The Hall–Kier alpha value is -2.60. The molecule has 2 aromatic rings. The van der Waals surface area contributed by atoms with Gasteiger partial charge in [0.1, 0.15) is 5.75 Å². The van der Waals surface area contributed by atoms with E-state index >= 15 is 0 Å². The lowest BCUT2D eigenvalue weighted by molar-refractivity contribution is -0.605. The molecule has 1 fully saturated rings. The maximum absolute atomic E-state index is 12.5. The van der Waals surface area contributed by atoms with Crippen molar-refractivity contribution in [2.45, 2.75) is 19.3 Å². The Morgan fingerprint density at radius 2 is 1.82 bits per heavy atom. The number of hydrogen-bond donors (Lipinski definition) is 0. The van der Waals surface area contributed by atoms with Crippen LogP contribution in [0.25, 0.3) is 0 Å². The lowest BCUT2D eigenvalue weighted by Crippen LogP contribution is -2.40. The highest BCUT2D eigenvalue weighted by atomic mass is 16.5. The first-order chi connectivity index (χ1) is 13.5. The van der Waals surface area contributed by atoms with E-state index in [4.69, 9.17) is 4.74 Å². The summed E-state index contributed by atoms with van der Waals surface area (Å²) < 4.78 is 5.90. The highest BCUT2D eigenvalue weighted by Crippen LogP contribution is 2.19.